The van der Waals surface area contributed by atoms with Gasteiger partial charge < -0.3 is 20.1 Å². The molecule has 1 unspecified atom stereocenters. The minimum atomic E-state index is -0.716. The number of Topliss-reactive ketones (excluding diaryl/α,β-unsaturated/α-hetero) is 1. The number of hydrazine groups is 1. The van der Waals surface area contributed by atoms with Crippen LogP contribution in [0.2, 0.25) is 5.02 Å². The van der Waals surface area contributed by atoms with Crippen LogP contribution in [-0.2, 0) is 32.1 Å². The van der Waals surface area contributed by atoms with E-state index < -0.39 is 17.6 Å². The standard InChI is InChI=1S/C34H41ClN4O6S/c1-22(40)36-16-6-5-7-17-44-27-14-10-24(11-15-27)20-37-32(42)28-19-25(18-23-8-12-26(35)13-9-23)30(41)29-31(28)46-21-39(29)38-33(43)45-34(2,3)4/h8-15,19,25H,5-7,16-18,20-21H2,1-4H3,(H,36,40)(H,37,42)(H,38,43). The highest BCUT2D eigenvalue weighted by Crippen LogP contribution is 2.42. The zero-order valence-electron chi connectivity index (χ0n) is 26.6. The summed E-state index contributed by atoms with van der Waals surface area (Å²) in [6.07, 6.45) is 4.15. The third-order valence-electron chi connectivity index (χ3n) is 7.08. The number of hydrogen-bond donors (Lipinski definition) is 3. The van der Waals surface area contributed by atoms with E-state index in [9.17, 15) is 19.2 Å². The summed E-state index contributed by atoms with van der Waals surface area (Å²) in [6.45, 7) is 8.32. The number of ketones is 1. The van der Waals surface area contributed by atoms with Crippen LogP contribution in [0.5, 0.6) is 5.75 Å². The van der Waals surface area contributed by atoms with Crippen molar-refractivity contribution in [3.8, 4) is 5.75 Å². The van der Waals surface area contributed by atoms with Crippen molar-refractivity contribution < 1.29 is 28.7 Å². The molecule has 0 fully saturated rings. The average Bonchev–Trinajstić information content (AvgIpc) is 3.41. The van der Waals surface area contributed by atoms with Crippen LogP contribution in [0.15, 0.2) is 70.8 Å². The molecule has 4 rings (SSSR count). The Bertz CT molecular complexity index is 1480. The van der Waals surface area contributed by atoms with Gasteiger partial charge in [0.25, 0.3) is 5.91 Å². The molecule has 1 aliphatic carbocycles. The minimum Gasteiger partial charge on any atom is -0.494 e. The fourth-order valence-corrected chi connectivity index (χ4v) is 6.15. The molecule has 2 aromatic carbocycles. The summed E-state index contributed by atoms with van der Waals surface area (Å²) in [7, 11) is 0. The van der Waals surface area contributed by atoms with E-state index in [4.69, 9.17) is 21.1 Å². The molecule has 12 heteroatoms. The van der Waals surface area contributed by atoms with Crippen molar-refractivity contribution in [2.24, 2.45) is 5.92 Å². The molecule has 2 aliphatic rings. The molecule has 3 amide bonds. The smallest absolute Gasteiger partial charge is 0.426 e. The van der Waals surface area contributed by atoms with E-state index in [1.807, 2.05) is 36.4 Å². The second-order valence-corrected chi connectivity index (χ2v) is 13.5. The number of hydrogen-bond acceptors (Lipinski definition) is 8. The highest BCUT2D eigenvalue weighted by Gasteiger charge is 2.40. The van der Waals surface area contributed by atoms with Crippen LogP contribution < -0.4 is 20.8 Å². The van der Waals surface area contributed by atoms with E-state index in [0.29, 0.717) is 35.1 Å². The molecule has 1 aliphatic heterocycles. The van der Waals surface area contributed by atoms with Gasteiger partial charge in [0.1, 0.15) is 17.0 Å². The predicted octanol–water partition coefficient (Wildman–Crippen LogP) is 5.67. The first-order valence-electron chi connectivity index (χ1n) is 15.3. The Labute approximate surface area is 279 Å². The largest absolute Gasteiger partial charge is 0.494 e. The molecule has 3 N–H and O–H groups in total. The maximum Gasteiger partial charge on any atom is 0.426 e. The van der Waals surface area contributed by atoms with Gasteiger partial charge in [0, 0.05) is 31.0 Å². The summed E-state index contributed by atoms with van der Waals surface area (Å²) >= 11 is 7.38. The van der Waals surface area contributed by atoms with Gasteiger partial charge in [0.05, 0.1) is 23.0 Å². The number of carbonyl (C=O) groups excluding carboxylic acids is 4. The number of carbonyl (C=O) groups is 4. The molecule has 0 bridgehead atoms. The number of thioether (sulfide) groups is 1. The van der Waals surface area contributed by atoms with E-state index >= 15 is 0 Å². The molecule has 0 radical (unpaired) electrons. The molecule has 0 aromatic heterocycles. The van der Waals surface area contributed by atoms with E-state index in [2.05, 4.69) is 16.1 Å². The number of ether oxygens (including phenoxy) is 2. The molecular formula is C34H41ClN4O6S. The van der Waals surface area contributed by atoms with Crippen LogP contribution in [0.4, 0.5) is 4.79 Å². The maximum atomic E-state index is 13.8. The van der Waals surface area contributed by atoms with Crippen molar-refractivity contribution >= 4 is 47.1 Å². The van der Waals surface area contributed by atoms with Crippen molar-refractivity contribution in [1.82, 2.24) is 21.1 Å². The quantitative estimate of drug-likeness (QED) is 0.233. The van der Waals surface area contributed by atoms with E-state index in [1.54, 1.807) is 39.0 Å². The number of allylic oxidation sites excluding steroid dienone is 2. The van der Waals surface area contributed by atoms with Gasteiger partial charge in [-0.1, -0.05) is 53.7 Å². The lowest BCUT2D eigenvalue weighted by Gasteiger charge is -2.28. The molecule has 46 heavy (non-hydrogen) atoms. The number of rotatable bonds is 13. The number of benzene rings is 2. The van der Waals surface area contributed by atoms with E-state index in [1.165, 1.54) is 23.7 Å². The summed E-state index contributed by atoms with van der Waals surface area (Å²) in [5.74, 6) is -0.146. The molecule has 0 saturated heterocycles. The zero-order valence-corrected chi connectivity index (χ0v) is 28.2. The lowest BCUT2D eigenvalue weighted by atomic mass is 9.86. The molecule has 0 saturated carbocycles. The van der Waals surface area contributed by atoms with Crippen molar-refractivity contribution in [2.75, 3.05) is 19.0 Å². The number of amides is 3. The van der Waals surface area contributed by atoms with Crippen molar-refractivity contribution in [3.63, 3.8) is 0 Å². The Hall–Kier alpha value is -3.96. The highest BCUT2D eigenvalue weighted by atomic mass is 35.5. The summed E-state index contributed by atoms with van der Waals surface area (Å²) in [6, 6.07) is 14.8. The SMILES string of the molecule is CC(=O)NCCCCCOc1ccc(CNC(=O)C2=CC(Cc3ccc(Cl)cc3)C(=O)C3=C2SCN3NC(=O)OC(C)(C)C)cc1. The first kappa shape index (κ1) is 34.9. The van der Waals surface area contributed by atoms with Gasteiger partial charge in [-0.3, -0.25) is 19.4 Å². The Kier molecular flexibility index (Phi) is 12.2. The third-order valence-corrected chi connectivity index (χ3v) is 8.43. The molecule has 2 aromatic rings. The van der Waals surface area contributed by atoms with Gasteiger partial charge in [0.15, 0.2) is 5.78 Å². The van der Waals surface area contributed by atoms with Crippen molar-refractivity contribution in [3.05, 3.63) is 86.9 Å². The predicted molar refractivity (Wildman–Crippen MR) is 179 cm³/mol. The van der Waals surface area contributed by atoms with Gasteiger partial charge in [-0.25, -0.2) is 10.2 Å². The second-order valence-electron chi connectivity index (χ2n) is 12.1. The highest BCUT2D eigenvalue weighted by molar-refractivity contribution is 8.03. The van der Waals surface area contributed by atoms with Crippen LogP contribution in [0.25, 0.3) is 0 Å². The number of nitrogens with zero attached hydrogens (tertiary/aromatic N) is 1. The van der Waals surface area contributed by atoms with Crippen LogP contribution >= 0.6 is 23.4 Å². The first-order chi connectivity index (χ1) is 21.9. The van der Waals surface area contributed by atoms with Crippen LogP contribution in [0.1, 0.15) is 58.1 Å². The summed E-state index contributed by atoms with van der Waals surface area (Å²) in [5.41, 5.74) is 4.42. The molecular weight excluding hydrogens is 628 g/mol. The lowest BCUT2D eigenvalue weighted by molar-refractivity contribution is -0.120. The summed E-state index contributed by atoms with van der Waals surface area (Å²) in [4.78, 5) is 51.4. The Morgan fingerprint density at radius 3 is 2.35 bits per heavy atom. The van der Waals surface area contributed by atoms with Crippen LogP contribution in [0.3, 0.4) is 0 Å². The Balaban J connectivity index is 1.41. The molecule has 1 atom stereocenters. The zero-order chi connectivity index (χ0) is 33.3. The fourth-order valence-electron chi connectivity index (χ4n) is 4.91. The van der Waals surface area contributed by atoms with Gasteiger partial charge >= 0.3 is 6.09 Å². The normalized spacial score (nSPS) is 16.0. The third kappa shape index (κ3) is 10.3. The summed E-state index contributed by atoms with van der Waals surface area (Å²) in [5, 5.41) is 7.83. The van der Waals surface area contributed by atoms with Crippen LogP contribution in [0, 0.1) is 5.92 Å². The monoisotopic (exact) mass is 668 g/mol. The summed E-state index contributed by atoms with van der Waals surface area (Å²) < 4.78 is 11.2. The van der Waals surface area contributed by atoms with Gasteiger partial charge in [0.2, 0.25) is 5.91 Å². The maximum absolute atomic E-state index is 13.8. The molecule has 246 valence electrons. The van der Waals surface area contributed by atoms with Crippen LogP contribution in [-0.4, -0.2) is 53.3 Å². The first-order valence-corrected chi connectivity index (χ1v) is 16.7. The van der Waals surface area contributed by atoms with Crippen molar-refractivity contribution in [2.45, 2.75) is 65.5 Å². The minimum absolute atomic E-state index is 0.0186. The molecule has 1 heterocycles. The number of nitrogens with one attached hydrogen (secondary N) is 3. The molecule has 10 nitrogen and oxygen atoms in total. The van der Waals surface area contributed by atoms with E-state index in [0.717, 1.165) is 36.1 Å². The number of unbranched alkanes of at least 4 members (excludes halogenated alkanes) is 2. The Morgan fingerprint density at radius 1 is 0.978 bits per heavy atom. The van der Waals surface area contributed by atoms with E-state index in [-0.39, 0.29) is 35.7 Å². The van der Waals surface area contributed by atoms with Gasteiger partial charge in [-0.05, 0) is 81.8 Å². The van der Waals surface area contributed by atoms with Crippen molar-refractivity contribution in [1.29, 1.82) is 0 Å². The Morgan fingerprint density at radius 2 is 1.67 bits per heavy atom. The fraction of sp³-hybridized carbons (Fsp3) is 0.412. The lowest BCUT2D eigenvalue weighted by Crippen LogP contribution is -2.45. The van der Waals surface area contributed by atoms with Gasteiger partial charge in [-0.15, -0.1) is 0 Å². The molecule has 0 spiro atoms. The topological polar surface area (TPSA) is 126 Å². The van der Waals surface area contributed by atoms with Gasteiger partial charge in [-0.2, -0.15) is 0 Å². The average molecular weight is 669 g/mol. The number of halogens is 1. The second kappa shape index (κ2) is 16.0.